The molecule has 1 aromatic carbocycles. The molecule has 128 valence electrons. The number of aryl methyl sites for hydroxylation is 3. The molecular formula is C19H20N4OS. The van der Waals surface area contributed by atoms with Crippen LogP contribution >= 0.6 is 11.3 Å². The van der Waals surface area contributed by atoms with Crippen molar-refractivity contribution in [3.8, 4) is 0 Å². The third kappa shape index (κ3) is 4.42. The van der Waals surface area contributed by atoms with E-state index in [1.54, 1.807) is 0 Å². The molecule has 3 rings (SSSR count). The summed E-state index contributed by atoms with van der Waals surface area (Å²) in [6.45, 7) is 5.92. The molecule has 2 heterocycles. The molecule has 5 nitrogen and oxygen atoms in total. The van der Waals surface area contributed by atoms with Gasteiger partial charge in [0.05, 0.1) is 12.1 Å². The number of benzene rings is 1. The number of pyridine rings is 1. The topological polar surface area (TPSA) is 66.9 Å². The Morgan fingerprint density at radius 3 is 2.48 bits per heavy atom. The van der Waals surface area contributed by atoms with Crippen LogP contribution < -0.4 is 10.6 Å². The van der Waals surface area contributed by atoms with E-state index < -0.39 is 0 Å². The Morgan fingerprint density at radius 1 is 1.04 bits per heavy atom. The fourth-order valence-electron chi connectivity index (χ4n) is 2.53. The van der Waals surface area contributed by atoms with Crippen molar-refractivity contribution in [1.82, 2.24) is 9.97 Å². The molecule has 0 atom stereocenters. The molecule has 3 aromatic rings. The Bertz CT molecular complexity index is 884. The molecule has 0 saturated carbocycles. The molecule has 0 spiro atoms. The molecule has 0 aliphatic rings. The van der Waals surface area contributed by atoms with Gasteiger partial charge in [-0.2, -0.15) is 0 Å². The third-order valence-electron chi connectivity index (χ3n) is 3.76. The lowest BCUT2D eigenvalue weighted by Gasteiger charge is -2.10. The number of aromatic nitrogens is 2. The molecular weight excluding hydrogens is 332 g/mol. The number of anilines is 3. The lowest BCUT2D eigenvalue weighted by molar-refractivity contribution is -0.115. The summed E-state index contributed by atoms with van der Waals surface area (Å²) in [6, 6.07) is 11.7. The van der Waals surface area contributed by atoms with Gasteiger partial charge in [0, 0.05) is 16.8 Å². The van der Waals surface area contributed by atoms with Crippen molar-refractivity contribution >= 4 is 33.9 Å². The van der Waals surface area contributed by atoms with Crippen molar-refractivity contribution in [2.45, 2.75) is 27.2 Å². The molecule has 1 amide bonds. The zero-order chi connectivity index (χ0) is 17.8. The summed E-state index contributed by atoms with van der Waals surface area (Å²) in [5, 5.41) is 8.78. The quantitative estimate of drug-likeness (QED) is 0.715. The first-order valence-corrected chi connectivity index (χ1v) is 8.90. The Hall–Kier alpha value is -2.73. The van der Waals surface area contributed by atoms with Gasteiger partial charge < -0.3 is 10.6 Å². The van der Waals surface area contributed by atoms with Crippen molar-refractivity contribution in [1.29, 1.82) is 0 Å². The first kappa shape index (κ1) is 17.1. The Morgan fingerprint density at radius 2 is 1.76 bits per heavy atom. The standard InChI is InChI=1S/C19H20N4OS/c1-12-6-4-7-13(2)18(12)23-17(24)10-15-11-25-19(21-15)22-16-9-5-8-14(3)20-16/h4-9,11H,10H2,1-3H3,(H,23,24)(H,20,21,22). The van der Waals surface area contributed by atoms with E-state index in [1.165, 1.54) is 11.3 Å². The Labute approximate surface area is 151 Å². The van der Waals surface area contributed by atoms with Crippen LogP contribution in [-0.2, 0) is 11.2 Å². The number of carbonyl (C=O) groups excluding carboxylic acids is 1. The second-order valence-corrected chi connectivity index (χ2v) is 6.78. The predicted octanol–water partition coefficient (Wildman–Crippen LogP) is 4.39. The number of carbonyl (C=O) groups is 1. The van der Waals surface area contributed by atoms with E-state index in [2.05, 4.69) is 20.6 Å². The Balaban J connectivity index is 1.64. The molecule has 0 radical (unpaired) electrons. The fraction of sp³-hybridized carbons (Fsp3) is 0.211. The van der Waals surface area contributed by atoms with Crippen LogP contribution in [0.5, 0.6) is 0 Å². The van der Waals surface area contributed by atoms with Crippen LogP contribution in [0, 0.1) is 20.8 Å². The highest BCUT2D eigenvalue weighted by Crippen LogP contribution is 2.22. The number of hydrogen-bond acceptors (Lipinski definition) is 5. The summed E-state index contributed by atoms with van der Waals surface area (Å²) in [5.74, 6) is 0.684. The first-order chi connectivity index (χ1) is 12.0. The van der Waals surface area contributed by atoms with Crippen molar-refractivity contribution < 1.29 is 4.79 Å². The number of thiazole rings is 1. The van der Waals surface area contributed by atoms with Gasteiger partial charge in [-0.25, -0.2) is 9.97 Å². The second kappa shape index (κ2) is 7.44. The van der Waals surface area contributed by atoms with E-state index in [0.29, 0.717) is 0 Å². The molecule has 0 fully saturated rings. The van der Waals surface area contributed by atoms with Gasteiger partial charge in [-0.05, 0) is 44.0 Å². The molecule has 0 bridgehead atoms. The number of amides is 1. The molecule has 0 saturated heterocycles. The molecule has 0 unspecified atom stereocenters. The maximum absolute atomic E-state index is 12.3. The lowest BCUT2D eigenvalue weighted by atomic mass is 10.1. The van der Waals surface area contributed by atoms with Crippen LogP contribution in [0.4, 0.5) is 16.6 Å². The molecule has 2 N–H and O–H groups in total. The van der Waals surface area contributed by atoms with Gasteiger partial charge in [0.1, 0.15) is 5.82 Å². The van der Waals surface area contributed by atoms with E-state index in [4.69, 9.17) is 0 Å². The average Bonchev–Trinajstić information content (AvgIpc) is 2.98. The highest BCUT2D eigenvalue weighted by atomic mass is 32.1. The summed E-state index contributed by atoms with van der Waals surface area (Å²) in [7, 11) is 0. The van der Waals surface area contributed by atoms with Gasteiger partial charge in [-0.15, -0.1) is 11.3 Å². The summed E-state index contributed by atoms with van der Waals surface area (Å²) >= 11 is 1.46. The van der Waals surface area contributed by atoms with Crippen molar-refractivity contribution in [2.75, 3.05) is 10.6 Å². The molecule has 6 heteroatoms. The molecule has 2 aromatic heterocycles. The molecule has 25 heavy (non-hydrogen) atoms. The molecule has 0 aliphatic carbocycles. The number of rotatable bonds is 5. The minimum Gasteiger partial charge on any atom is -0.325 e. The number of para-hydroxylation sites is 1. The van der Waals surface area contributed by atoms with Crippen molar-refractivity contribution in [2.24, 2.45) is 0 Å². The summed E-state index contributed by atoms with van der Waals surface area (Å²) in [5.41, 5.74) is 4.67. The fourth-order valence-corrected chi connectivity index (χ4v) is 3.24. The van der Waals surface area contributed by atoms with Crippen LogP contribution in [0.25, 0.3) is 0 Å². The van der Waals surface area contributed by atoms with E-state index in [-0.39, 0.29) is 12.3 Å². The van der Waals surface area contributed by atoms with E-state index in [9.17, 15) is 4.79 Å². The summed E-state index contributed by atoms with van der Waals surface area (Å²) in [4.78, 5) is 21.2. The first-order valence-electron chi connectivity index (χ1n) is 8.02. The maximum atomic E-state index is 12.3. The zero-order valence-electron chi connectivity index (χ0n) is 14.5. The van der Waals surface area contributed by atoms with Crippen LogP contribution in [0.3, 0.4) is 0 Å². The van der Waals surface area contributed by atoms with Gasteiger partial charge in [-0.1, -0.05) is 24.3 Å². The second-order valence-electron chi connectivity index (χ2n) is 5.92. The summed E-state index contributed by atoms with van der Waals surface area (Å²) < 4.78 is 0. The summed E-state index contributed by atoms with van der Waals surface area (Å²) in [6.07, 6.45) is 0.243. The predicted molar refractivity (Wildman–Crippen MR) is 103 cm³/mol. The highest BCUT2D eigenvalue weighted by Gasteiger charge is 2.11. The number of nitrogens with one attached hydrogen (secondary N) is 2. The van der Waals surface area contributed by atoms with Crippen LogP contribution in [0.1, 0.15) is 22.5 Å². The van der Waals surface area contributed by atoms with Gasteiger partial charge in [0.2, 0.25) is 5.91 Å². The minimum atomic E-state index is -0.0667. The Kier molecular flexibility index (Phi) is 5.09. The van der Waals surface area contributed by atoms with Gasteiger partial charge in [-0.3, -0.25) is 4.79 Å². The van der Waals surface area contributed by atoms with Crippen LogP contribution in [0.15, 0.2) is 41.8 Å². The third-order valence-corrected chi connectivity index (χ3v) is 4.57. The zero-order valence-corrected chi connectivity index (χ0v) is 15.3. The average molecular weight is 352 g/mol. The molecule has 0 aliphatic heterocycles. The largest absolute Gasteiger partial charge is 0.325 e. The number of hydrogen-bond donors (Lipinski definition) is 2. The lowest BCUT2D eigenvalue weighted by Crippen LogP contribution is -2.16. The SMILES string of the molecule is Cc1cccc(Nc2nc(CC(=O)Nc3c(C)cccc3C)cs2)n1. The minimum absolute atomic E-state index is 0.0667. The van der Waals surface area contributed by atoms with Crippen molar-refractivity contribution in [3.63, 3.8) is 0 Å². The van der Waals surface area contributed by atoms with E-state index in [1.807, 2.05) is 62.5 Å². The maximum Gasteiger partial charge on any atom is 0.230 e. The normalized spacial score (nSPS) is 10.5. The van der Waals surface area contributed by atoms with Crippen LogP contribution in [0.2, 0.25) is 0 Å². The monoisotopic (exact) mass is 352 g/mol. The van der Waals surface area contributed by atoms with Gasteiger partial charge >= 0.3 is 0 Å². The van der Waals surface area contributed by atoms with Gasteiger partial charge in [0.15, 0.2) is 5.13 Å². The van der Waals surface area contributed by atoms with Gasteiger partial charge in [0.25, 0.3) is 0 Å². The van der Waals surface area contributed by atoms with Crippen LogP contribution in [-0.4, -0.2) is 15.9 Å². The highest BCUT2D eigenvalue weighted by molar-refractivity contribution is 7.13. The van der Waals surface area contributed by atoms with E-state index in [0.717, 1.165) is 39.2 Å². The number of nitrogens with zero attached hydrogens (tertiary/aromatic N) is 2. The van der Waals surface area contributed by atoms with E-state index >= 15 is 0 Å². The van der Waals surface area contributed by atoms with Crippen molar-refractivity contribution in [3.05, 3.63) is 64.3 Å². The smallest absolute Gasteiger partial charge is 0.230 e.